The summed E-state index contributed by atoms with van der Waals surface area (Å²) in [5, 5.41) is 8.09. The summed E-state index contributed by atoms with van der Waals surface area (Å²) in [5.74, 6) is 0. The lowest BCUT2D eigenvalue weighted by Gasteiger charge is -2.33. The quantitative estimate of drug-likeness (QED) is 0.751. The first-order valence-corrected chi connectivity index (χ1v) is 10.7. The first kappa shape index (κ1) is 18.2. The molecule has 0 atom stereocenters. The lowest BCUT2D eigenvalue weighted by molar-refractivity contribution is 0.196. The fraction of sp³-hybridized carbons (Fsp3) is 0.350. The molecule has 1 aliphatic heterocycles. The highest BCUT2D eigenvalue weighted by Crippen LogP contribution is 2.29. The van der Waals surface area contributed by atoms with Gasteiger partial charge in [0.05, 0.1) is 16.6 Å². The highest BCUT2D eigenvalue weighted by atomic mass is 32.2. The van der Waals surface area contributed by atoms with Crippen LogP contribution in [0.3, 0.4) is 0 Å². The molecule has 1 aliphatic rings. The molecule has 0 saturated carbocycles. The molecule has 2 aromatic carbocycles. The molecule has 0 radical (unpaired) electrons. The molecule has 7 heteroatoms. The van der Waals surface area contributed by atoms with E-state index in [1.54, 1.807) is 22.6 Å². The fourth-order valence-corrected chi connectivity index (χ4v) is 5.17. The number of aryl methyl sites for hydroxylation is 1. The molecule has 1 aromatic heterocycles. The molecular weight excluding hydrogens is 360 g/mol. The third kappa shape index (κ3) is 3.38. The first-order chi connectivity index (χ1) is 13.0. The van der Waals surface area contributed by atoms with Gasteiger partial charge >= 0.3 is 0 Å². The van der Waals surface area contributed by atoms with Gasteiger partial charge in [-0.25, -0.2) is 8.42 Å². The molecule has 0 bridgehead atoms. The predicted molar refractivity (Wildman–Crippen MR) is 107 cm³/mol. The van der Waals surface area contributed by atoms with E-state index in [1.165, 1.54) is 0 Å². The van der Waals surface area contributed by atoms with E-state index in [-0.39, 0.29) is 0 Å². The van der Waals surface area contributed by atoms with Gasteiger partial charge in [-0.1, -0.05) is 25.1 Å². The van der Waals surface area contributed by atoms with Gasteiger partial charge in [0.25, 0.3) is 0 Å². The average Bonchev–Trinajstić information content (AvgIpc) is 3.15. The van der Waals surface area contributed by atoms with E-state index in [4.69, 9.17) is 0 Å². The monoisotopic (exact) mass is 384 g/mol. The van der Waals surface area contributed by atoms with E-state index in [2.05, 4.69) is 22.0 Å². The molecule has 0 spiro atoms. The Morgan fingerprint density at radius 1 is 1.07 bits per heavy atom. The summed E-state index contributed by atoms with van der Waals surface area (Å²) in [6.07, 6.45) is 1.79. The number of sulfonamides is 1. The molecule has 1 saturated heterocycles. The van der Waals surface area contributed by atoms with Gasteiger partial charge in [0.1, 0.15) is 0 Å². The Morgan fingerprint density at radius 2 is 1.85 bits per heavy atom. The van der Waals surface area contributed by atoms with Gasteiger partial charge in [0.15, 0.2) is 0 Å². The number of hydrogen-bond acceptors (Lipinski definition) is 4. The van der Waals surface area contributed by atoms with E-state index in [9.17, 15) is 8.42 Å². The molecule has 3 aromatic rings. The molecule has 142 valence electrons. The maximum atomic E-state index is 13.0. The van der Waals surface area contributed by atoms with E-state index < -0.39 is 10.0 Å². The van der Waals surface area contributed by atoms with Crippen molar-refractivity contribution in [3.05, 3.63) is 48.2 Å². The number of piperazine rings is 1. The van der Waals surface area contributed by atoms with Crippen molar-refractivity contribution in [3.63, 3.8) is 0 Å². The molecule has 6 nitrogen and oxygen atoms in total. The molecule has 0 aliphatic carbocycles. The van der Waals surface area contributed by atoms with Crippen molar-refractivity contribution in [3.8, 4) is 11.1 Å². The van der Waals surface area contributed by atoms with Gasteiger partial charge < -0.3 is 4.90 Å². The highest BCUT2D eigenvalue weighted by Gasteiger charge is 2.28. The van der Waals surface area contributed by atoms with Crippen molar-refractivity contribution in [2.45, 2.75) is 18.7 Å². The van der Waals surface area contributed by atoms with Crippen molar-refractivity contribution in [2.24, 2.45) is 0 Å². The maximum absolute atomic E-state index is 13.0. The first-order valence-electron chi connectivity index (χ1n) is 9.25. The second-order valence-electron chi connectivity index (χ2n) is 6.99. The summed E-state index contributed by atoms with van der Waals surface area (Å²) in [5.41, 5.74) is 3.99. The molecular formula is C20H24N4O2S. The van der Waals surface area contributed by atoms with Crippen molar-refractivity contribution < 1.29 is 8.42 Å². The molecule has 4 rings (SSSR count). The maximum Gasteiger partial charge on any atom is 0.243 e. The molecule has 27 heavy (non-hydrogen) atoms. The zero-order valence-electron chi connectivity index (χ0n) is 15.6. The van der Waals surface area contributed by atoms with Crippen molar-refractivity contribution >= 4 is 20.9 Å². The minimum Gasteiger partial charge on any atom is -0.301 e. The van der Waals surface area contributed by atoms with Gasteiger partial charge in [0.2, 0.25) is 10.0 Å². The lowest BCUT2D eigenvalue weighted by atomic mass is 10.00. The smallest absolute Gasteiger partial charge is 0.243 e. The van der Waals surface area contributed by atoms with Crippen LogP contribution in [0.2, 0.25) is 0 Å². The summed E-state index contributed by atoms with van der Waals surface area (Å²) in [6, 6.07) is 11.5. The number of nitrogens with one attached hydrogen (secondary N) is 1. The van der Waals surface area contributed by atoms with Gasteiger partial charge in [-0.3, -0.25) is 5.10 Å². The van der Waals surface area contributed by atoms with E-state index in [0.29, 0.717) is 18.0 Å². The van der Waals surface area contributed by atoms with Crippen molar-refractivity contribution in [1.29, 1.82) is 0 Å². The van der Waals surface area contributed by atoms with Gasteiger partial charge in [-0.05, 0) is 48.4 Å². The molecule has 2 heterocycles. The van der Waals surface area contributed by atoms with Gasteiger partial charge in [-0.2, -0.15) is 9.40 Å². The molecule has 0 amide bonds. The van der Waals surface area contributed by atoms with Crippen LogP contribution in [0, 0.1) is 6.92 Å². The lowest BCUT2D eigenvalue weighted by Crippen LogP contribution is -2.48. The van der Waals surface area contributed by atoms with E-state index >= 15 is 0 Å². The van der Waals surface area contributed by atoms with Crippen LogP contribution in [-0.2, 0) is 10.0 Å². The molecule has 1 N–H and O–H groups in total. The minimum absolute atomic E-state index is 0.372. The van der Waals surface area contributed by atoms with Crippen molar-refractivity contribution in [2.75, 3.05) is 32.7 Å². The Morgan fingerprint density at radius 3 is 2.56 bits per heavy atom. The minimum atomic E-state index is -3.45. The molecule has 0 unspecified atom stereocenters. The summed E-state index contributed by atoms with van der Waals surface area (Å²) in [6.45, 7) is 7.70. The summed E-state index contributed by atoms with van der Waals surface area (Å²) < 4.78 is 27.6. The second-order valence-corrected chi connectivity index (χ2v) is 8.93. The Labute approximate surface area is 159 Å². The molecule has 1 fully saturated rings. The standard InChI is InChI=1S/C20H24N4O2S/c1-3-23-8-10-24(11-9-23)27(25,26)18-6-7-19(15(2)12-18)16-4-5-17-14-21-22-20(17)13-16/h4-7,12-14H,3,8-11H2,1-2H3,(H,21,22). The number of nitrogens with zero attached hydrogens (tertiary/aromatic N) is 3. The van der Waals surface area contributed by atoms with Crippen LogP contribution in [0.1, 0.15) is 12.5 Å². The Kier molecular flexibility index (Phi) is 4.75. The van der Waals surface area contributed by atoms with Crippen LogP contribution in [-0.4, -0.2) is 60.5 Å². The number of hydrogen-bond donors (Lipinski definition) is 1. The topological polar surface area (TPSA) is 69.3 Å². The Hall–Kier alpha value is -2.22. The van der Waals surface area contributed by atoms with Crippen LogP contribution in [0.4, 0.5) is 0 Å². The van der Waals surface area contributed by atoms with Crippen LogP contribution >= 0.6 is 0 Å². The third-order valence-corrected chi connectivity index (χ3v) is 7.26. The van der Waals surface area contributed by atoms with Gasteiger partial charge in [-0.15, -0.1) is 0 Å². The summed E-state index contributed by atoms with van der Waals surface area (Å²) >= 11 is 0. The second kappa shape index (κ2) is 7.07. The number of H-pyrrole nitrogens is 1. The highest BCUT2D eigenvalue weighted by molar-refractivity contribution is 7.89. The van der Waals surface area contributed by atoms with Crippen molar-refractivity contribution in [1.82, 2.24) is 19.4 Å². The van der Waals surface area contributed by atoms with Crippen LogP contribution in [0.25, 0.3) is 22.0 Å². The SMILES string of the molecule is CCN1CCN(S(=O)(=O)c2ccc(-c3ccc4cn[nH]c4c3)c(C)c2)CC1. The van der Waals surface area contributed by atoms with Gasteiger partial charge in [0, 0.05) is 31.6 Å². The van der Waals surface area contributed by atoms with E-state index in [1.807, 2.05) is 31.2 Å². The normalized spacial score (nSPS) is 16.8. The zero-order valence-corrected chi connectivity index (χ0v) is 16.5. The van der Waals surface area contributed by atoms with Crippen LogP contribution < -0.4 is 0 Å². The number of benzene rings is 2. The number of fused-ring (bicyclic) bond motifs is 1. The average molecular weight is 385 g/mol. The number of likely N-dealkylation sites (N-methyl/N-ethyl adjacent to an activating group) is 1. The Bertz CT molecular complexity index is 1070. The summed E-state index contributed by atoms with van der Waals surface area (Å²) in [4.78, 5) is 2.64. The Balaban J connectivity index is 1.63. The third-order valence-electron chi connectivity index (χ3n) is 5.37. The fourth-order valence-electron chi connectivity index (χ4n) is 3.66. The predicted octanol–water partition coefficient (Wildman–Crippen LogP) is 2.86. The summed E-state index contributed by atoms with van der Waals surface area (Å²) in [7, 11) is -3.45. The van der Waals surface area contributed by atoms with Crippen LogP contribution in [0.5, 0.6) is 0 Å². The largest absolute Gasteiger partial charge is 0.301 e. The number of aromatic amines is 1. The zero-order chi connectivity index (χ0) is 19.0. The van der Waals surface area contributed by atoms with E-state index in [0.717, 1.165) is 47.2 Å². The number of aromatic nitrogens is 2. The number of rotatable bonds is 4. The van der Waals surface area contributed by atoms with Crippen LogP contribution in [0.15, 0.2) is 47.5 Å².